The Kier molecular flexibility index (Phi) is 9.75. The Morgan fingerprint density at radius 3 is 2.18 bits per heavy atom. The molecule has 0 amide bonds. The number of nitrogens with zero attached hydrogens (tertiary/aromatic N) is 2. The summed E-state index contributed by atoms with van der Waals surface area (Å²) in [5, 5.41) is 2.12. The average Bonchev–Trinajstić information content (AvgIpc) is 3.42. The Morgan fingerprint density at radius 1 is 0.711 bits per heavy atom. The van der Waals surface area contributed by atoms with Gasteiger partial charge in [0.05, 0.1) is 5.58 Å². The number of furan rings is 1. The molecule has 0 saturated carbocycles. The average molecular weight is 827 g/mol. The molecule has 3 aromatic heterocycles. The number of pyridine rings is 2. The topological polar surface area (TPSA) is 38.9 Å². The molecule has 0 spiro atoms. The summed E-state index contributed by atoms with van der Waals surface area (Å²) in [4.78, 5) is 9.01. The molecule has 4 aromatic carbocycles. The molecule has 0 fully saturated rings. The zero-order chi connectivity index (χ0) is 31.6. The Balaban J connectivity index is 0.000000209. The number of rotatable bonds is 5. The van der Waals surface area contributed by atoms with E-state index >= 15 is 0 Å². The van der Waals surface area contributed by atoms with Crippen molar-refractivity contribution in [1.82, 2.24) is 9.97 Å². The minimum Gasteiger partial charge on any atom is 0 e. The van der Waals surface area contributed by atoms with Gasteiger partial charge in [-0.3, -0.25) is 0 Å². The third kappa shape index (κ3) is 7.53. The van der Waals surface area contributed by atoms with Crippen molar-refractivity contribution in [2.75, 3.05) is 0 Å². The zero-order valence-electron chi connectivity index (χ0n) is 27.2. The van der Waals surface area contributed by atoms with Crippen molar-refractivity contribution >= 4 is 39.6 Å². The molecule has 45 heavy (non-hydrogen) atoms. The van der Waals surface area contributed by atoms with E-state index in [1.54, 1.807) is 6.20 Å². The maximum absolute atomic E-state index is 8.27. The van der Waals surface area contributed by atoms with Gasteiger partial charge in [0.1, 0.15) is 5.58 Å². The van der Waals surface area contributed by atoms with Crippen molar-refractivity contribution in [3.05, 3.63) is 139 Å². The maximum atomic E-state index is 8.27. The molecule has 0 N–H and O–H groups in total. The Bertz CT molecular complexity index is 2060. The Labute approximate surface area is 283 Å². The molecule has 0 saturated heterocycles. The first-order valence-corrected chi connectivity index (χ1v) is 22.2. The first-order valence-electron chi connectivity index (χ1n) is 15.4. The summed E-state index contributed by atoms with van der Waals surface area (Å²) >= 11 is -1.72. The number of hydrogen-bond acceptors (Lipinski definition) is 3. The zero-order valence-corrected chi connectivity index (χ0v) is 30.7. The second-order valence-corrected chi connectivity index (χ2v) is 22.8. The van der Waals surface area contributed by atoms with Crippen molar-refractivity contribution in [3.63, 3.8) is 0 Å². The number of benzene rings is 4. The fraction of sp³-hybridized carbons (Fsp3) is 0.150. The predicted octanol–water partition coefficient (Wildman–Crippen LogP) is 10.3. The SMILES string of the molecule is [2H]C(C)(C)c1ccnc(-c2[c-]cc3c(c2)oc2cc(-c4ccccc4)ccc23)c1.[CH3][Ge]([CH3])([CH3])[c]1ccc(-c2[c-]cccc2)nc1.[Ir]. The van der Waals surface area contributed by atoms with Crippen LogP contribution in [0.15, 0.2) is 126 Å². The minimum absolute atomic E-state index is 0. The van der Waals surface area contributed by atoms with E-state index in [-0.39, 0.29) is 20.1 Å². The largest absolute Gasteiger partial charge is 0 e. The van der Waals surface area contributed by atoms with Gasteiger partial charge in [0.2, 0.25) is 0 Å². The molecule has 3 nitrogen and oxygen atoms in total. The number of fused-ring (bicyclic) bond motifs is 3. The smallest absolute Gasteiger partial charge is 0 e. The Hall–Kier alpha value is -3.83. The predicted molar refractivity (Wildman–Crippen MR) is 187 cm³/mol. The van der Waals surface area contributed by atoms with Crippen LogP contribution in [0.4, 0.5) is 0 Å². The monoisotopic (exact) mass is 828 g/mol. The van der Waals surface area contributed by atoms with Crippen LogP contribution in [0.5, 0.6) is 0 Å². The van der Waals surface area contributed by atoms with Gasteiger partial charge in [0.25, 0.3) is 0 Å². The van der Waals surface area contributed by atoms with Gasteiger partial charge in [-0.1, -0.05) is 79.4 Å². The number of aromatic nitrogens is 2. The van der Waals surface area contributed by atoms with Gasteiger partial charge in [0.15, 0.2) is 0 Å². The normalized spacial score (nSPS) is 11.8. The first kappa shape index (κ1) is 31.2. The molecular weight excluding hydrogens is 789 g/mol. The van der Waals surface area contributed by atoms with Crippen molar-refractivity contribution in [2.24, 2.45) is 0 Å². The minimum atomic E-state index is -1.72. The van der Waals surface area contributed by atoms with Crippen molar-refractivity contribution in [2.45, 2.75) is 37.0 Å². The van der Waals surface area contributed by atoms with E-state index in [0.717, 1.165) is 55.6 Å². The fourth-order valence-electron chi connectivity index (χ4n) is 5.11. The van der Waals surface area contributed by atoms with Crippen LogP contribution in [0.25, 0.3) is 55.6 Å². The van der Waals surface area contributed by atoms with Gasteiger partial charge < -0.3 is 9.40 Å². The summed E-state index contributed by atoms with van der Waals surface area (Å²) in [6, 6.07) is 43.3. The molecule has 3 heterocycles. The molecule has 0 atom stereocenters. The Morgan fingerprint density at radius 2 is 1.49 bits per heavy atom. The van der Waals surface area contributed by atoms with E-state index in [1.807, 2.05) is 86.8 Å². The summed E-state index contributed by atoms with van der Waals surface area (Å²) in [5.74, 6) is 6.47. The summed E-state index contributed by atoms with van der Waals surface area (Å²) in [5.41, 5.74) is 8.65. The third-order valence-electron chi connectivity index (χ3n) is 7.74. The van der Waals surface area contributed by atoms with Gasteiger partial charge in [0, 0.05) is 27.7 Å². The molecular formula is C40H36GeIrN2O-2. The van der Waals surface area contributed by atoms with Crippen LogP contribution in [-0.2, 0) is 20.1 Å². The van der Waals surface area contributed by atoms with Crippen LogP contribution in [0.1, 0.15) is 26.7 Å². The molecule has 0 unspecified atom stereocenters. The molecule has 227 valence electrons. The quantitative estimate of drug-likeness (QED) is 0.128. The van der Waals surface area contributed by atoms with Crippen molar-refractivity contribution < 1.29 is 25.9 Å². The van der Waals surface area contributed by atoms with Gasteiger partial charge >= 0.3 is 99.8 Å². The summed E-state index contributed by atoms with van der Waals surface area (Å²) < 4.78 is 15.9. The molecule has 0 aliphatic rings. The molecule has 1 radical (unpaired) electrons. The van der Waals surface area contributed by atoms with Crippen LogP contribution < -0.4 is 4.40 Å². The van der Waals surface area contributed by atoms with Crippen LogP contribution in [0, 0.1) is 12.1 Å². The molecule has 0 aliphatic heterocycles. The third-order valence-corrected chi connectivity index (χ3v) is 12.0. The van der Waals surface area contributed by atoms with E-state index < -0.39 is 19.2 Å². The van der Waals surface area contributed by atoms with E-state index in [1.165, 1.54) is 9.96 Å². The first-order chi connectivity index (χ1) is 21.6. The molecule has 7 rings (SSSR count). The van der Waals surface area contributed by atoms with Crippen molar-refractivity contribution in [1.29, 1.82) is 0 Å². The van der Waals surface area contributed by atoms with Gasteiger partial charge in [-0.05, 0) is 40.2 Å². The van der Waals surface area contributed by atoms with E-state index in [4.69, 9.17) is 5.79 Å². The van der Waals surface area contributed by atoms with Gasteiger partial charge in [-0.15, -0.1) is 17.7 Å². The summed E-state index contributed by atoms with van der Waals surface area (Å²) in [7, 11) is 0. The van der Waals surface area contributed by atoms with Crippen LogP contribution in [0.3, 0.4) is 0 Å². The van der Waals surface area contributed by atoms with Crippen LogP contribution >= 0.6 is 0 Å². The van der Waals surface area contributed by atoms with Crippen molar-refractivity contribution in [3.8, 4) is 33.6 Å². The molecule has 7 aromatic rings. The second-order valence-electron chi connectivity index (χ2n) is 12.2. The van der Waals surface area contributed by atoms with E-state index in [0.29, 0.717) is 0 Å². The van der Waals surface area contributed by atoms with E-state index in [9.17, 15) is 0 Å². The molecule has 5 heteroatoms. The molecule has 0 bridgehead atoms. The van der Waals surface area contributed by atoms with Crippen LogP contribution in [0.2, 0.25) is 17.3 Å². The summed E-state index contributed by atoms with van der Waals surface area (Å²) in [6.07, 6.45) is 3.79. The summed E-state index contributed by atoms with van der Waals surface area (Å²) in [6.45, 7) is 3.76. The maximum Gasteiger partial charge on any atom is 0 e. The fourth-order valence-corrected chi connectivity index (χ4v) is 7.28. The standard InChI is InChI=1S/C26H20NO.C14H16GeN.Ir/c1-17(2)19-12-13-27-24(14-19)21-9-11-23-22-10-8-20(18-6-4-3-5-7-18)15-25(22)28-26(23)16-21;1-15(2,3)13-9-10-14(16-11-13)12-7-5-4-6-8-12;/h3-8,10-17H,1-2H3;4-7,9-11H,1-3H3;/q2*-1;/i17D;;. The molecule has 0 aliphatic carbocycles. The second kappa shape index (κ2) is 14.1. The van der Waals surface area contributed by atoms with Gasteiger partial charge in [-0.2, -0.15) is 0 Å². The van der Waals surface area contributed by atoms with Gasteiger partial charge in [-0.25, -0.2) is 0 Å². The van der Waals surface area contributed by atoms with Crippen LogP contribution in [-0.4, -0.2) is 23.2 Å². The number of hydrogen-bond donors (Lipinski definition) is 0. The van der Waals surface area contributed by atoms with E-state index in [2.05, 4.69) is 81.8 Å².